The number of non-ortho nitro benzene ring substituents is 1. The van der Waals surface area contributed by atoms with Crippen LogP contribution in [0.3, 0.4) is 0 Å². The largest absolute Gasteiger partial charge is 0.487 e. The molecular formula is C10H11BrN2O5. The number of nitro benzene ring substituents is 2. The Morgan fingerprint density at radius 1 is 1.17 bits per heavy atom. The number of nitrogens with zero attached hydrogens (tertiary/aromatic N) is 2. The van der Waals surface area contributed by atoms with Crippen molar-refractivity contribution < 1.29 is 14.6 Å². The molecular weight excluding hydrogens is 308 g/mol. The van der Waals surface area contributed by atoms with E-state index in [1.165, 1.54) is 12.1 Å². The number of nitro groups is 2. The lowest BCUT2D eigenvalue weighted by molar-refractivity contribution is -0.394. The molecule has 0 amide bonds. The zero-order valence-electron chi connectivity index (χ0n) is 9.37. The van der Waals surface area contributed by atoms with E-state index in [1.807, 2.05) is 0 Å². The standard InChI is InChI=1S/C10H11BrN2O5/c11-5-1-2-6-18-10-4-3-8(12(14)15)7-9(10)13(16)17/h3-4,7H,1-2,5-6H2. The number of hydrogen-bond acceptors (Lipinski definition) is 5. The molecule has 0 unspecified atom stereocenters. The molecule has 0 aromatic heterocycles. The number of hydrogen-bond donors (Lipinski definition) is 0. The average Bonchev–Trinajstić information content (AvgIpc) is 2.34. The van der Waals surface area contributed by atoms with E-state index in [-0.39, 0.29) is 17.1 Å². The Kier molecular flexibility index (Phi) is 5.50. The third-order valence-electron chi connectivity index (χ3n) is 2.14. The molecule has 0 bridgehead atoms. The minimum absolute atomic E-state index is 0.0557. The first-order valence-electron chi connectivity index (χ1n) is 5.18. The van der Waals surface area contributed by atoms with Crippen LogP contribution in [0.2, 0.25) is 0 Å². The van der Waals surface area contributed by atoms with E-state index in [1.54, 1.807) is 0 Å². The van der Waals surface area contributed by atoms with Crippen LogP contribution in [0.4, 0.5) is 11.4 Å². The van der Waals surface area contributed by atoms with Gasteiger partial charge in [0.2, 0.25) is 0 Å². The van der Waals surface area contributed by atoms with Crippen LogP contribution in [0.25, 0.3) is 0 Å². The normalized spacial score (nSPS) is 10.1. The van der Waals surface area contributed by atoms with Gasteiger partial charge in [-0.1, -0.05) is 15.9 Å². The fraction of sp³-hybridized carbons (Fsp3) is 0.400. The molecule has 1 aromatic rings. The monoisotopic (exact) mass is 318 g/mol. The first-order valence-corrected chi connectivity index (χ1v) is 6.30. The van der Waals surface area contributed by atoms with Crippen LogP contribution in [0.5, 0.6) is 5.75 Å². The predicted molar refractivity (Wildman–Crippen MR) is 68.3 cm³/mol. The van der Waals surface area contributed by atoms with Gasteiger partial charge in [-0.15, -0.1) is 0 Å². The summed E-state index contributed by atoms with van der Waals surface area (Å²) in [6, 6.07) is 3.34. The first kappa shape index (κ1) is 14.4. The van der Waals surface area contributed by atoms with Crippen molar-refractivity contribution in [3.63, 3.8) is 0 Å². The molecule has 0 spiro atoms. The smallest absolute Gasteiger partial charge is 0.317 e. The van der Waals surface area contributed by atoms with Crippen molar-refractivity contribution in [3.05, 3.63) is 38.4 Å². The van der Waals surface area contributed by atoms with Gasteiger partial charge in [0, 0.05) is 11.4 Å². The Labute approximate surface area is 111 Å². The second kappa shape index (κ2) is 6.90. The maximum atomic E-state index is 10.8. The Hall–Kier alpha value is -1.70. The second-order valence-corrected chi connectivity index (χ2v) is 4.20. The van der Waals surface area contributed by atoms with Crippen LogP contribution in [0.15, 0.2) is 18.2 Å². The van der Waals surface area contributed by atoms with Crippen LogP contribution in [0.1, 0.15) is 12.8 Å². The van der Waals surface area contributed by atoms with E-state index in [0.717, 1.165) is 24.2 Å². The second-order valence-electron chi connectivity index (χ2n) is 3.41. The SMILES string of the molecule is O=[N+]([O-])c1ccc(OCCCCBr)c([N+](=O)[O-])c1. The van der Waals surface area contributed by atoms with Gasteiger partial charge in [0.25, 0.3) is 5.69 Å². The number of unbranched alkanes of at least 4 members (excludes halogenated alkanes) is 1. The number of benzene rings is 1. The van der Waals surface area contributed by atoms with Crippen molar-refractivity contribution in [2.75, 3.05) is 11.9 Å². The van der Waals surface area contributed by atoms with Gasteiger partial charge in [-0.3, -0.25) is 20.2 Å². The van der Waals surface area contributed by atoms with E-state index in [0.29, 0.717) is 6.61 Å². The minimum atomic E-state index is -0.688. The van der Waals surface area contributed by atoms with Gasteiger partial charge < -0.3 is 4.74 Å². The van der Waals surface area contributed by atoms with E-state index < -0.39 is 9.85 Å². The zero-order chi connectivity index (χ0) is 13.5. The Bertz CT molecular complexity index is 452. The van der Waals surface area contributed by atoms with Crippen LogP contribution in [-0.2, 0) is 0 Å². The molecule has 0 saturated heterocycles. The highest BCUT2D eigenvalue weighted by molar-refractivity contribution is 9.09. The summed E-state index contributed by atoms with van der Waals surface area (Å²) in [6.45, 7) is 0.338. The molecule has 7 nitrogen and oxygen atoms in total. The summed E-state index contributed by atoms with van der Waals surface area (Å²) in [5, 5.41) is 22.1. The van der Waals surface area contributed by atoms with Crippen molar-refractivity contribution in [2.45, 2.75) is 12.8 Å². The van der Waals surface area contributed by atoms with Gasteiger partial charge in [0.1, 0.15) is 0 Å². The third-order valence-corrected chi connectivity index (χ3v) is 2.70. The molecule has 0 aliphatic rings. The molecule has 0 fully saturated rings. The van der Waals surface area contributed by atoms with Crippen molar-refractivity contribution in [3.8, 4) is 5.75 Å². The van der Waals surface area contributed by atoms with E-state index >= 15 is 0 Å². The van der Waals surface area contributed by atoms with Gasteiger partial charge in [-0.2, -0.15) is 0 Å². The third kappa shape index (κ3) is 3.95. The molecule has 0 N–H and O–H groups in total. The minimum Gasteiger partial charge on any atom is -0.487 e. The van der Waals surface area contributed by atoms with Crippen molar-refractivity contribution >= 4 is 27.3 Å². The highest BCUT2D eigenvalue weighted by Gasteiger charge is 2.20. The maximum Gasteiger partial charge on any atom is 0.317 e. The van der Waals surface area contributed by atoms with Crippen molar-refractivity contribution in [2.24, 2.45) is 0 Å². The summed E-state index contributed by atoms with van der Waals surface area (Å²) in [7, 11) is 0. The van der Waals surface area contributed by atoms with Crippen LogP contribution in [-0.4, -0.2) is 21.8 Å². The van der Waals surface area contributed by atoms with Gasteiger partial charge in [0.05, 0.1) is 22.5 Å². The fourth-order valence-electron chi connectivity index (χ4n) is 1.26. The van der Waals surface area contributed by atoms with Crippen LogP contribution >= 0.6 is 15.9 Å². The van der Waals surface area contributed by atoms with Crippen molar-refractivity contribution in [1.29, 1.82) is 0 Å². The lowest BCUT2D eigenvalue weighted by Crippen LogP contribution is -2.01. The molecule has 18 heavy (non-hydrogen) atoms. The number of halogens is 1. The maximum absolute atomic E-state index is 10.8. The van der Waals surface area contributed by atoms with Crippen LogP contribution in [0, 0.1) is 20.2 Å². The summed E-state index contributed by atoms with van der Waals surface area (Å²) in [6.07, 6.45) is 1.64. The molecule has 8 heteroatoms. The van der Waals surface area contributed by atoms with E-state index in [2.05, 4.69) is 15.9 Å². The van der Waals surface area contributed by atoms with Gasteiger partial charge in [-0.05, 0) is 18.9 Å². The molecule has 0 aliphatic carbocycles. The van der Waals surface area contributed by atoms with Gasteiger partial charge >= 0.3 is 5.69 Å². The number of rotatable bonds is 7. The molecule has 1 rings (SSSR count). The lowest BCUT2D eigenvalue weighted by Gasteiger charge is -2.05. The molecule has 0 heterocycles. The fourth-order valence-corrected chi connectivity index (χ4v) is 1.66. The first-order chi connectivity index (χ1) is 8.56. The summed E-state index contributed by atoms with van der Waals surface area (Å²) >= 11 is 3.26. The summed E-state index contributed by atoms with van der Waals surface area (Å²) in [4.78, 5) is 19.9. The molecule has 0 atom stereocenters. The highest BCUT2D eigenvalue weighted by atomic mass is 79.9. The topological polar surface area (TPSA) is 95.5 Å². The predicted octanol–water partition coefficient (Wildman–Crippen LogP) is 3.06. The summed E-state index contributed by atoms with van der Waals surface area (Å²) < 4.78 is 5.25. The van der Waals surface area contributed by atoms with Gasteiger partial charge in [0.15, 0.2) is 5.75 Å². The highest BCUT2D eigenvalue weighted by Crippen LogP contribution is 2.31. The molecule has 0 aliphatic heterocycles. The number of ether oxygens (including phenoxy) is 1. The molecule has 1 aromatic carbocycles. The Balaban J connectivity index is 2.83. The average molecular weight is 319 g/mol. The summed E-state index contributed by atoms with van der Waals surface area (Å²) in [5.41, 5.74) is -0.711. The number of alkyl halides is 1. The Morgan fingerprint density at radius 2 is 1.89 bits per heavy atom. The zero-order valence-corrected chi connectivity index (χ0v) is 11.0. The molecule has 98 valence electrons. The van der Waals surface area contributed by atoms with Gasteiger partial charge in [-0.25, -0.2) is 0 Å². The van der Waals surface area contributed by atoms with Crippen molar-refractivity contribution in [1.82, 2.24) is 0 Å². The van der Waals surface area contributed by atoms with Crippen LogP contribution < -0.4 is 4.74 Å². The summed E-state index contributed by atoms with van der Waals surface area (Å²) in [5.74, 6) is 0.0557. The van der Waals surface area contributed by atoms with E-state index in [4.69, 9.17) is 4.74 Å². The lowest BCUT2D eigenvalue weighted by atomic mass is 10.2. The molecule has 0 radical (unpaired) electrons. The van der Waals surface area contributed by atoms with E-state index in [9.17, 15) is 20.2 Å². The molecule has 0 saturated carbocycles. The Morgan fingerprint density at radius 3 is 2.44 bits per heavy atom. The quantitative estimate of drug-likeness (QED) is 0.333.